The second-order valence-electron chi connectivity index (χ2n) is 7.76. The molecule has 32 heavy (non-hydrogen) atoms. The number of rotatable bonds is 9. The molecule has 0 saturated carbocycles. The van der Waals surface area contributed by atoms with E-state index in [9.17, 15) is 14.7 Å². The molecule has 0 aliphatic carbocycles. The lowest BCUT2D eigenvalue weighted by Gasteiger charge is -2.25. The minimum atomic E-state index is -0.597. The summed E-state index contributed by atoms with van der Waals surface area (Å²) in [6.07, 6.45) is -0.597. The molecule has 0 saturated heterocycles. The molecular formula is C26H29N3O3. The van der Waals surface area contributed by atoms with Crippen molar-refractivity contribution in [2.45, 2.75) is 26.0 Å². The number of nitrogens with zero attached hydrogens (tertiary/aromatic N) is 1. The molecule has 0 aliphatic rings. The van der Waals surface area contributed by atoms with Crippen LogP contribution in [0, 0.1) is 0 Å². The van der Waals surface area contributed by atoms with Crippen LogP contribution in [-0.4, -0.2) is 36.1 Å². The Labute approximate surface area is 188 Å². The van der Waals surface area contributed by atoms with Gasteiger partial charge in [0.05, 0.1) is 29.9 Å². The van der Waals surface area contributed by atoms with Gasteiger partial charge < -0.3 is 20.6 Å². The van der Waals surface area contributed by atoms with E-state index in [1.165, 1.54) is 0 Å². The summed E-state index contributed by atoms with van der Waals surface area (Å²) in [5.74, 6) is -0.535. The number of nitrogens with one attached hydrogen (secondary N) is 2. The van der Waals surface area contributed by atoms with Gasteiger partial charge in [0.2, 0.25) is 5.91 Å². The van der Waals surface area contributed by atoms with Crippen LogP contribution in [0.25, 0.3) is 0 Å². The van der Waals surface area contributed by atoms with Crippen molar-refractivity contribution in [2.75, 3.05) is 23.3 Å². The second-order valence-corrected chi connectivity index (χ2v) is 7.76. The van der Waals surface area contributed by atoms with Crippen molar-refractivity contribution in [3.8, 4) is 0 Å². The standard InChI is InChI=1S/C26H29N3O3/c1-19(30)17-29(22-13-7-4-8-14-22)18-25(31)28-24-16-10-9-15-23(24)26(32)27-20(2)21-11-5-3-6-12-21/h3-16,19-20,30H,17-18H2,1-2H3,(H,27,32)(H,28,31). The van der Waals surface area contributed by atoms with Crippen molar-refractivity contribution in [3.63, 3.8) is 0 Å². The number of hydrogen-bond acceptors (Lipinski definition) is 4. The molecular weight excluding hydrogens is 402 g/mol. The number of carbonyl (C=O) groups is 2. The third-order valence-electron chi connectivity index (χ3n) is 5.03. The molecule has 0 aromatic heterocycles. The molecule has 6 heteroatoms. The summed E-state index contributed by atoms with van der Waals surface area (Å²) in [7, 11) is 0. The minimum absolute atomic E-state index is 0.0469. The van der Waals surface area contributed by atoms with Gasteiger partial charge in [-0.05, 0) is 43.7 Å². The highest BCUT2D eigenvalue weighted by atomic mass is 16.3. The maximum Gasteiger partial charge on any atom is 0.253 e. The SMILES string of the molecule is CC(O)CN(CC(=O)Nc1ccccc1C(=O)NC(C)c1ccccc1)c1ccccc1. The van der Waals surface area contributed by atoms with Gasteiger partial charge in [-0.25, -0.2) is 0 Å². The van der Waals surface area contributed by atoms with Crippen molar-refractivity contribution in [3.05, 3.63) is 96.1 Å². The van der Waals surface area contributed by atoms with Crippen LogP contribution in [0.5, 0.6) is 0 Å². The third-order valence-corrected chi connectivity index (χ3v) is 5.03. The highest BCUT2D eigenvalue weighted by Gasteiger charge is 2.18. The Morgan fingerprint density at radius 3 is 2.12 bits per heavy atom. The van der Waals surface area contributed by atoms with E-state index in [0.29, 0.717) is 17.8 Å². The quantitative estimate of drug-likeness (QED) is 0.478. The summed E-state index contributed by atoms with van der Waals surface area (Å²) in [6, 6.07) is 25.9. The highest BCUT2D eigenvalue weighted by Crippen LogP contribution is 2.19. The number of para-hydroxylation sites is 2. The van der Waals surface area contributed by atoms with Gasteiger partial charge in [0.1, 0.15) is 0 Å². The molecule has 3 rings (SSSR count). The molecule has 0 aliphatic heterocycles. The van der Waals surface area contributed by atoms with E-state index in [2.05, 4.69) is 10.6 Å². The predicted octanol–water partition coefficient (Wildman–Crippen LogP) is 4.00. The largest absolute Gasteiger partial charge is 0.392 e. The van der Waals surface area contributed by atoms with Gasteiger partial charge >= 0.3 is 0 Å². The van der Waals surface area contributed by atoms with Crippen LogP contribution in [0.1, 0.15) is 35.8 Å². The molecule has 3 aromatic carbocycles. The van der Waals surface area contributed by atoms with E-state index < -0.39 is 6.10 Å². The highest BCUT2D eigenvalue weighted by molar-refractivity contribution is 6.04. The van der Waals surface area contributed by atoms with Crippen molar-refractivity contribution in [2.24, 2.45) is 0 Å². The Bertz CT molecular complexity index is 1020. The predicted molar refractivity (Wildman–Crippen MR) is 128 cm³/mol. The van der Waals surface area contributed by atoms with E-state index >= 15 is 0 Å². The van der Waals surface area contributed by atoms with Crippen LogP contribution in [0.3, 0.4) is 0 Å². The van der Waals surface area contributed by atoms with Gasteiger partial charge in [0, 0.05) is 12.2 Å². The Balaban J connectivity index is 1.70. The number of amides is 2. The summed E-state index contributed by atoms with van der Waals surface area (Å²) >= 11 is 0. The fourth-order valence-electron chi connectivity index (χ4n) is 3.47. The molecule has 3 aromatic rings. The first-order valence-electron chi connectivity index (χ1n) is 10.7. The third kappa shape index (κ3) is 6.43. The van der Waals surface area contributed by atoms with E-state index in [1.54, 1.807) is 36.1 Å². The van der Waals surface area contributed by atoms with Crippen molar-refractivity contribution >= 4 is 23.2 Å². The zero-order valence-corrected chi connectivity index (χ0v) is 18.4. The number of anilines is 2. The zero-order valence-electron chi connectivity index (χ0n) is 18.4. The first-order valence-corrected chi connectivity index (χ1v) is 10.7. The van der Waals surface area contributed by atoms with Crippen molar-refractivity contribution < 1.29 is 14.7 Å². The molecule has 2 atom stereocenters. The lowest BCUT2D eigenvalue weighted by atomic mass is 10.1. The summed E-state index contributed by atoms with van der Waals surface area (Å²) in [5.41, 5.74) is 2.68. The fraction of sp³-hybridized carbons (Fsp3) is 0.231. The summed E-state index contributed by atoms with van der Waals surface area (Å²) in [4.78, 5) is 27.5. The maximum absolute atomic E-state index is 12.9. The lowest BCUT2D eigenvalue weighted by molar-refractivity contribution is -0.115. The monoisotopic (exact) mass is 431 g/mol. The van der Waals surface area contributed by atoms with E-state index in [4.69, 9.17) is 0 Å². The smallest absolute Gasteiger partial charge is 0.253 e. The normalized spacial score (nSPS) is 12.5. The van der Waals surface area contributed by atoms with Crippen LogP contribution in [-0.2, 0) is 4.79 Å². The first kappa shape index (κ1) is 23.0. The number of hydrogen-bond donors (Lipinski definition) is 3. The van der Waals surface area contributed by atoms with Gasteiger partial charge in [-0.3, -0.25) is 9.59 Å². The van der Waals surface area contributed by atoms with Gasteiger partial charge in [0.25, 0.3) is 5.91 Å². The zero-order chi connectivity index (χ0) is 22.9. The summed E-state index contributed by atoms with van der Waals surface area (Å²) in [6.45, 7) is 3.96. The van der Waals surface area contributed by atoms with E-state index in [0.717, 1.165) is 11.3 Å². The van der Waals surface area contributed by atoms with Crippen LogP contribution in [0.2, 0.25) is 0 Å². The first-order chi connectivity index (χ1) is 15.4. The Kier molecular flexibility index (Phi) is 8.00. The number of benzene rings is 3. The van der Waals surface area contributed by atoms with Crippen LogP contribution >= 0.6 is 0 Å². The molecule has 2 unspecified atom stereocenters. The maximum atomic E-state index is 12.9. The lowest BCUT2D eigenvalue weighted by Crippen LogP contribution is -2.38. The molecule has 0 heterocycles. The Morgan fingerprint density at radius 1 is 0.875 bits per heavy atom. The van der Waals surface area contributed by atoms with Crippen molar-refractivity contribution in [1.82, 2.24) is 5.32 Å². The fourth-order valence-corrected chi connectivity index (χ4v) is 3.47. The molecule has 2 amide bonds. The molecule has 6 nitrogen and oxygen atoms in total. The van der Waals surface area contributed by atoms with Gasteiger partial charge in [-0.2, -0.15) is 0 Å². The molecule has 0 bridgehead atoms. The van der Waals surface area contributed by atoms with Crippen LogP contribution < -0.4 is 15.5 Å². The van der Waals surface area contributed by atoms with Crippen molar-refractivity contribution in [1.29, 1.82) is 0 Å². The second kappa shape index (κ2) is 11.1. The Morgan fingerprint density at radius 2 is 1.47 bits per heavy atom. The average Bonchev–Trinajstić information content (AvgIpc) is 2.79. The molecule has 0 spiro atoms. The molecule has 0 radical (unpaired) electrons. The molecule has 0 fully saturated rings. The Hall–Kier alpha value is -3.64. The van der Waals surface area contributed by atoms with Crippen LogP contribution in [0.15, 0.2) is 84.9 Å². The minimum Gasteiger partial charge on any atom is -0.392 e. The van der Waals surface area contributed by atoms with E-state index in [-0.39, 0.29) is 24.4 Å². The number of carbonyl (C=O) groups excluding carboxylic acids is 2. The van der Waals surface area contributed by atoms with Gasteiger partial charge in [0.15, 0.2) is 0 Å². The van der Waals surface area contributed by atoms with Crippen LogP contribution in [0.4, 0.5) is 11.4 Å². The summed E-state index contributed by atoms with van der Waals surface area (Å²) < 4.78 is 0. The average molecular weight is 432 g/mol. The van der Waals surface area contributed by atoms with Gasteiger partial charge in [-0.15, -0.1) is 0 Å². The number of aliphatic hydroxyl groups excluding tert-OH is 1. The van der Waals surface area contributed by atoms with E-state index in [1.807, 2.05) is 67.6 Å². The summed E-state index contributed by atoms with van der Waals surface area (Å²) in [5, 5.41) is 15.7. The topological polar surface area (TPSA) is 81.7 Å². The molecule has 166 valence electrons. The van der Waals surface area contributed by atoms with Gasteiger partial charge in [-0.1, -0.05) is 60.7 Å². The molecule has 3 N–H and O–H groups in total. The number of aliphatic hydroxyl groups is 1.